The van der Waals surface area contributed by atoms with Crippen LogP contribution in [0.25, 0.3) is 10.9 Å². The lowest BCUT2D eigenvalue weighted by Gasteiger charge is -2.36. The van der Waals surface area contributed by atoms with Crippen LogP contribution in [0.5, 0.6) is 5.75 Å². The summed E-state index contributed by atoms with van der Waals surface area (Å²) in [6.45, 7) is 5.68. The highest BCUT2D eigenvalue weighted by Crippen LogP contribution is 2.37. The van der Waals surface area contributed by atoms with Gasteiger partial charge in [-0.3, -0.25) is 4.79 Å². The van der Waals surface area contributed by atoms with E-state index < -0.39 is 0 Å². The summed E-state index contributed by atoms with van der Waals surface area (Å²) in [4.78, 5) is 19.2. The lowest BCUT2D eigenvalue weighted by atomic mass is 9.96. The van der Waals surface area contributed by atoms with E-state index in [4.69, 9.17) is 9.47 Å². The maximum atomic E-state index is 13.7. The quantitative estimate of drug-likeness (QED) is 0.404. The number of nitrogens with one attached hydrogen (secondary N) is 1. The number of aromatic amines is 1. The first kappa shape index (κ1) is 22.2. The number of hydrogen-bond acceptors (Lipinski definition) is 3. The van der Waals surface area contributed by atoms with Gasteiger partial charge in [0.2, 0.25) is 0 Å². The summed E-state index contributed by atoms with van der Waals surface area (Å²) in [5.74, 6) is 0.873. The van der Waals surface area contributed by atoms with Crippen LogP contribution in [-0.4, -0.2) is 36.1 Å². The summed E-state index contributed by atoms with van der Waals surface area (Å²) >= 11 is 0. The molecule has 5 heteroatoms. The summed E-state index contributed by atoms with van der Waals surface area (Å²) in [7, 11) is 1.68. The summed E-state index contributed by atoms with van der Waals surface area (Å²) in [5, 5.41) is 1.15. The minimum absolute atomic E-state index is 0.0401. The summed E-state index contributed by atoms with van der Waals surface area (Å²) in [6.07, 6.45) is 0.786. The van der Waals surface area contributed by atoms with Crippen molar-refractivity contribution in [2.24, 2.45) is 0 Å². The zero-order chi connectivity index (χ0) is 23.7. The van der Waals surface area contributed by atoms with Crippen LogP contribution in [0.1, 0.15) is 44.3 Å². The van der Waals surface area contributed by atoms with Gasteiger partial charge < -0.3 is 19.4 Å². The molecule has 0 saturated carbocycles. The van der Waals surface area contributed by atoms with Crippen molar-refractivity contribution in [2.75, 3.05) is 20.3 Å². The number of rotatable bonds is 6. The Hall–Kier alpha value is -3.57. The molecule has 1 amide bonds. The number of H-pyrrole nitrogens is 1. The van der Waals surface area contributed by atoms with E-state index in [1.807, 2.05) is 60.4 Å². The average molecular weight is 455 g/mol. The van der Waals surface area contributed by atoms with E-state index in [1.54, 1.807) is 7.11 Å². The molecule has 174 valence electrons. The Labute approximate surface area is 200 Å². The SMILES string of the molecule is COc1ccc2[nH]c3c(c2c1)CCN(C(=O)c1ccc(C)c(C)c1)[C@H]3COCc1ccccc1. The lowest BCUT2D eigenvalue weighted by molar-refractivity contribution is 0.0339. The number of carbonyl (C=O) groups is 1. The molecule has 5 nitrogen and oxygen atoms in total. The molecule has 1 N–H and O–H groups in total. The van der Waals surface area contributed by atoms with Gasteiger partial charge in [0, 0.05) is 28.7 Å². The van der Waals surface area contributed by atoms with Crippen molar-refractivity contribution in [3.8, 4) is 5.75 Å². The first-order valence-electron chi connectivity index (χ1n) is 11.7. The van der Waals surface area contributed by atoms with Crippen molar-refractivity contribution < 1.29 is 14.3 Å². The second kappa shape index (κ2) is 9.35. The summed E-state index contributed by atoms with van der Waals surface area (Å²) in [5.41, 5.74) is 7.50. The molecule has 0 radical (unpaired) electrons. The van der Waals surface area contributed by atoms with Crippen molar-refractivity contribution >= 4 is 16.8 Å². The predicted molar refractivity (Wildman–Crippen MR) is 134 cm³/mol. The van der Waals surface area contributed by atoms with Gasteiger partial charge in [0.25, 0.3) is 5.91 Å². The first-order valence-corrected chi connectivity index (χ1v) is 11.7. The Bertz CT molecular complexity index is 1330. The Morgan fingerprint density at radius 3 is 2.62 bits per heavy atom. The van der Waals surface area contributed by atoms with E-state index >= 15 is 0 Å². The fourth-order valence-electron chi connectivity index (χ4n) is 4.79. The Morgan fingerprint density at radius 1 is 1.03 bits per heavy atom. The standard InChI is InChI=1S/C29H30N2O3/c1-19-9-10-22(15-20(19)2)29(32)31-14-13-24-25-16-23(33-3)11-12-26(25)30-28(24)27(31)18-34-17-21-7-5-4-6-8-21/h4-12,15-16,27,30H,13-14,17-18H2,1-3H3/t27-/m0/s1. The van der Waals surface area contributed by atoms with E-state index in [9.17, 15) is 4.79 Å². The van der Waals surface area contributed by atoms with Gasteiger partial charge in [-0.25, -0.2) is 0 Å². The molecular weight excluding hydrogens is 424 g/mol. The van der Waals surface area contributed by atoms with E-state index in [1.165, 1.54) is 11.1 Å². The molecular formula is C29H30N2O3. The van der Waals surface area contributed by atoms with Crippen LogP contribution in [0.3, 0.4) is 0 Å². The van der Waals surface area contributed by atoms with Crippen LogP contribution in [0.2, 0.25) is 0 Å². The Balaban J connectivity index is 1.49. The van der Waals surface area contributed by atoms with Crippen molar-refractivity contribution in [1.82, 2.24) is 9.88 Å². The van der Waals surface area contributed by atoms with Crippen LogP contribution >= 0.6 is 0 Å². The van der Waals surface area contributed by atoms with E-state index in [-0.39, 0.29) is 11.9 Å². The normalized spacial score (nSPS) is 15.4. The number of amides is 1. The van der Waals surface area contributed by atoms with Gasteiger partial charge >= 0.3 is 0 Å². The van der Waals surface area contributed by atoms with Crippen molar-refractivity contribution in [1.29, 1.82) is 0 Å². The Morgan fingerprint density at radius 2 is 1.85 bits per heavy atom. The minimum atomic E-state index is -0.194. The molecule has 1 aromatic heterocycles. The number of methoxy groups -OCH3 is 1. The molecule has 1 aliphatic rings. The molecule has 0 spiro atoms. The maximum absolute atomic E-state index is 13.7. The molecule has 5 rings (SSSR count). The molecule has 0 fully saturated rings. The lowest BCUT2D eigenvalue weighted by Crippen LogP contribution is -2.42. The second-order valence-electron chi connectivity index (χ2n) is 8.99. The average Bonchev–Trinajstić information content (AvgIpc) is 3.24. The maximum Gasteiger partial charge on any atom is 0.254 e. The summed E-state index contributed by atoms with van der Waals surface area (Å²) in [6, 6.07) is 22.0. The molecule has 1 aliphatic heterocycles. The van der Waals surface area contributed by atoms with Gasteiger partial charge in [0.05, 0.1) is 26.4 Å². The van der Waals surface area contributed by atoms with Gasteiger partial charge in [-0.05, 0) is 72.9 Å². The third kappa shape index (κ3) is 4.19. The zero-order valence-corrected chi connectivity index (χ0v) is 19.9. The fraction of sp³-hybridized carbons (Fsp3) is 0.276. The van der Waals surface area contributed by atoms with Crippen LogP contribution in [0.15, 0.2) is 66.7 Å². The third-order valence-electron chi connectivity index (χ3n) is 6.86. The number of carbonyl (C=O) groups excluding carboxylic acids is 1. The van der Waals surface area contributed by atoms with Crippen LogP contribution < -0.4 is 4.74 Å². The predicted octanol–water partition coefficient (Wildman–Crippen LogP) is 5.75. The zero-order valence-electron chi connectivity index (χ0n) is 19.9. The molecule has 0 bridgehead atoms. The number of ether oxygens (including phenoxy) is 2. The number of aromatic nitrogens is 1. The number of nitrogens with zero attached hydrogens (tertiary/aromatic N) is 1. The topological polar surface area (TPSA) is 54.6 Å². The monoisotopic (exact) mass is 454 g/mol. The number of hydrogen-bond donors (Lipinski definition) is 1. The molecule has 0 unspecified atom stereocenters. The molecule has 3 aromatic carbocycles. The highest BCUT2D eigenvalue weighted by molar-refractivity contribution is 5.95. The highest BCUT2D eigenvalue weighted by atomic mass is 16.5. The van der Waals surface area contributed by atoms with Crippen molar-refractivity contribution in [2.45, 2.75) is 32.9 Å². The van der Waals surface area contributed by atoms with Gasteiger partial charge in [-0.1, -0.05) is 36.4 Å². The minimum Gasteiger partial charge on any atom is -0.497 e. The number of fused-ring (bicyclic) bond motifs is 3. The highest BCUT2D eigenvalue weighted by Gasteiger charge is 2.34. The molecule has 0 saturated heterocycles. The molecule has 2 heterocycles. The summed E-state index contributed by atoms with van der Waals surface area (Å²) < 4.78 is 11.6. The van der Waals surface area contributed by atoms with Gasteiger partial charge in [0.15, 0.2) is 0 Å². The molecule has 0 aliphatic carbocycles. The van der Waals surface area contributed by atoms with E-state index in [2.05, 4.69) is 30.1 Å². The van der Waals surface area contributed by atoms with Crippen LogP contribution in [-0.2, 0) is 17.8 Å². The molecule has 4 aromatic rings. The number of benzene rings is 3. The third-order valence-corrected chi connectivity index (χ3v) is 6.86. The Kier molecular flexibility index (Phi) is 6.12. The molecule has 34 heavy (non-hydrogen) atoms. The molecule has 1 atom stereocenters. The second-order valence-corrected chi connectivity index (χ2v) is 8.99. The smallest absolute Gasteiger partial charge is 0.254 e. The van der Waals surface area contributed by atoms with Crippen molar-refractivity contribution in [3.05, 3.63) is 100 Å². The van der Waals surface area contributed by atoms with Crippen LogP contribution in [0.4, 0.5) is 0 Å². The van der Waals surface area contributed by atoms with Crippen molar-refractivity contribution in [3.63, 3.8) is 0 Å². The van der Waals surface area contributed by atoms with Gasteiger partial charge in [0.1, 0.15) is 5.75 Å². The van der Waals surface area contributed by atoms with E-state index in [0.717, 1.165) is 45.5 Å². The largest absolute Gasteiger partial charge is 0.497 e. The fourth-order valence-corrected chi connectivity index (χ4v) is 4.79. The van der Waals surface area contributed by atoms with E-state index in [0.29, 0.717) is 19.8 Å². The van der Waals surface area contributed by atoms with Gasteiger partial charge in [-0.2, -0.15) is 0 Å². The number of aryl methyl sites for hydroxylation is 2. The first-order chi connectivity index (χ1) is 16.5. The van der Waals surface area contributed by atoms with Crippen LogP contribution in [0, 0.1) is 13.8 Å². The van der Waals surface area contributed by atoms with Gasteiger partial charge in [-0.15, -0.1) is 0 Å².